The van der Waals surface area contributed by atoms with Gasteiger partial charge in [-0.05, 0) is 24.6 Å². The van der Waals surface area contributed by atoms with Crippen LogP contribution in [0.1, 0.15) is 22.4 Å². The monoisotopic (exact) mass is 359 g/mol. The number of aryl methyl sites for hydroxylation is 1. The van der Waals surface area contributed by atoms with E-state index in [-0.39, 0.29) is 5.69 Å². The topological polar surface area (TPSA) is 98.3 Å². The van der Waals surface area contributed by atoms with E-state index in [2.05, 4.69) is 11.1 Å². The Morgan fingerprint density at radius 1 is 1.32 bits per heavy atom. The summed E-state index contributed by atoms with van der Waals surface area (Å²) in [6.07, 6.45) is 0. The number of pyridine rings is 1. The second-order valence-corrected chi connectivity index (χ2v) is 6.15. The molecule has 2 aromatic rings. The summed E-state index contributed by atoms with van der Waals surface area (Å²) in [4.78, 5) is 15.0. The molecule has 7 nitrogen and oxygen atoms in total. The first-order chi connectivity index (χ1) is 12.0. The van der Waals surface area contributed by atoms with Crippen LogP contribution in [0.2, 0.25) is 0 Å². The zero-order valence-electron chi connectivity index (χ0n) is 14.1. The van der Waals surface area contributed by atoms with Crippen LogP contribution in [-0.2, 0) is 17.1 Å². The van der Waals surface area contributed by atoms with Gasteiger partial charge in [0.1, 0.15) is 16.8 Å². The SMILES string of the molecule is COCc1cc(C)nc(SCc2cc([N+](=O)[O-])ccc2OC)c1C#N. The van der Waals surface area contributed by atoms with Crippen LogP contribution in [0.3, 0.4) is 0 Å². The number of non-ortho nitro benzene ring substituents is 1. The van der Waals surface area contributed by atoms with E-state index >= 15 is 0 Å². The van der Waals surface area contributed by atoms with Crippen molar-refractivity contribution in [1.29, 1.82) is 5.26 Å². The number of methoxy groups -OCH3 is 2. The molecule has 130 valence electrons. The molecule has 0 atom stereocenters. The molecule has 0 radical (unpaired) electrons. The molecule has 0 aliphatic rings. The Kier molecular flexibility index (Phi) is 6.33. The average Bonchev–Trinajstić information content (AvgIpc) is 2.59. The van der Waals surface area contributed by atoms with E-state index in [0.717, 1.165) is 11.3 Å². The number of aromatic nitrogens is 1. The molecule has 1 heterocycles. The summed E-state index contributed by atoms with van der Waals surface area (Å²) in [6.45, 7) is 2.16. The van der Waals surface area contributed by atoms with Crippen molar-refractivity contribution in [1.82, 2.24) is 4.98 Å². The third-order valence-electron chi connectivity index (χ3n) is 3.45. The Morgan fingerprint density at radius 2 is 2.08 bits per heavy atom. The van der Waals surface area contributed by atoms with Crippen LogP contribution in [0.25, 0.3) is 0 Å². The number of nitriles is 1. The molecule has 8 heteroatoms. The van der Waals surface area contributed by atoms with Crippen LogP contribution in [-0.4, -0.2) is 24.1 Å². The van der Waals surface area contributed by atoms with Gasteiger partial charge in [-0.25, -0.2) is 4.98 Å². The third-order valence-corrected chi connectivity index (χ3v) is 4.47. The average molecular weight is 359 g/mol. The molecule has 0 unspecified atom stereocenters. The highest BCUT2D eigenvalue weighted by molar-refractivity contribution is 7.98. The number of rotatable bonds is 7. The molecule has 1 aromatic heterocycles. The lowest BCUT2D eigenvalue weighted by Gasteiger charge is -2.11. The van der Waals surface area contributed by atoms with E-state index < -0.39 is 4.92 Å². The molecule has 0 saturated carbocycles. The van der Waals surface area contributed by atoms with Gasteiger partial charge in [-0.15, -0.1) is 11.8 Å². The van der Waals surface area contributed by atoms with Crippen LogP contribution in [0, 0.1) is 28.4 Å². The third kappa shape index (κ3) is 4.47. The summed E-state index contributed by atoms with van der Waals surface area (Å²) in [5, 5.41) is 21.0. The zero-order valence-corrected chi connectivity index (χ0v) is 14.9. The van der Waals surface area contributed by atoms with Crippen LogP contribution in [0.5, 0.6) is 5.75 Å². The van der Waals surface area contributed by atoms with Crippen molar-refractivity contribution >= 4 is 17.4 Å². The highest BCUT2D eigenvalue weighted by atomic mass is 32.2. The molecule has 1 aromatic carbocycles. The molecule has 0 fully saturated rings. The van der Waals surface area contributed by atoms with Gasteiger partial charge in [0.25, 0.3) is 5.69 Å². The van der Waals surface area contributed by atoms with E-state index in [0.29, 0.717) is 34.3 Å². The molecule has 0 amide bonds. The number of hydrogen-bond donors (Lipinski definition) is 0. The molecule has 2 rings (SSSR count). The first kappa shape index (κ1) is 18.7. The Hall–Kier alpha value is -2.63. The first-order valence-electron chi connectivity index (χ1n) is 7.33. The lowest BCUT2D eigenvalue weighted by molar-refractivity contribution is -0.384. The number of nitro groups is 1. The van der Waals surface area contributed by atoms with Crippen molar-refractivity contribution < 1.29 is 14.4 Å². The second kappa shape index (κ2) is 8.46. The smallest absolute Gasteiger partial charge is 0.270 e. The molecular weight excluding hydrogens is 342 g/mol. The minimum atomic E-state index is -0.448. The molecular formula is C17H17N3O4S. The summed E-state index contributed by atoms with van der Waals surface area (Å²) >= 11 is 1.34. The highest BCUT2D eigenvalue weighted by Crippen LogP contribution is 2.32. The molecule has 0 N–H and O–H groups in total. The Labute approximate surface area is 149 Å². The lowest BCUT2D eigenvalue weighted by Crippen LogP contribution is -2.00. The van der Waals surface area contributed by atoms with E-state index in [4.69, 9.17) is 9.47 Å². The van der Waals surface area contributed by atoms with Crippen molar-refractivity contribution in [3.63, 3.8) is 0 Å². The Balaban J connectivity index is 2.34. The standard InChI is InChI=1S/C17H17N3O4S/c1-11-6-12(9-23-2)15(8-18)17(19-11)25-10-13-7-14(20(21)22)4-5-16(13)24-3/h4-7H,9-10H2,1-3H3. The van der Waals surface area contributed by atoms with Crippen molar-refractivity contribution in [2.24, 2.45) is 0 Å². The van der Waals surface area contributed by atoms with Crippen LogP contribution < -0.4 is 4.74 Å². The molecule has 0 saturated heterocycles. The first-order valence-corrected chi connectivity index (χ1v) is 8.32. The summed E-state index contributed by atoms with van der Waals surface area (Å²) in [6, 6.07) is 8.43. The molecule has 0 bridgehead atoms. The van der Waals surface area contributed by atoms with Gasteiger partial charge in [0.05, 0.1) is 24.2 Å². The van der Waals surface area contributed by atoms with Gasteiger partial charge in [-0.2, -0.15) is 5.26 Å². The van der Waals surface area contributed by atoms with Gasteiger partial charge < -0.3 is 9.47 Å². The molecule has 0 aliphatic carbocycles. The number of nitrogens with zero attached hydrogens (tertiary/aromatic N) is 3. The normalized spacial score (nSPS) is 10.3. The Bertz CT molecular complexity index is 833. The number of hydrogen-bond acceptors (Lipinski definition) is 7. The lowest BCUT2D eigenvalue weighted by atomic mass is 10.1. The summed E-state index contributed by atoms with van der Waals surface area (Å²) in [7, 11) is 3.08. The fraction of sp³-hybridized carbons (Fsp3) is 0.294. The van der Waals surface area contributed by atoms with Gasteiger partial charge in [-0.1, -0.05) is 0 Å². The second-order valence-electron chi connectivity index (χ2n) is 5.19. The molecule has 0 spiro atoms. The maximum atomic E-state index is 11.0. The Morgan fingerprint density at radius 3 is 2.68 bits per heavy atom. The fourth-order valence-corrected chi connectivity index (χ4v) is 3.39. The summed E-state index contributed by atoms with van der Waals surface area (Å²) in [5.41, 5.74) is 2.67. The number of ether oxygens (including phenoxy) is 2. The molecule has 0 aliphatic heterocycles. The van der Waals surface area contributed by atoms with Crippen molar-refractivity contribution in [3.8, 4) is 11.8 Å². The minimum Gasteiger partial charge on any atom is -0.496 e. The summed E-state index contributed by atoms with van der Waals surface area (Å²) < 4.78 is 10.4. The van der Waals surface area contributed by atoms with Crippen LogP contribution >= 0.6 is 11.8 Å². The largest absolute Gasteiger partial charge is 0.496 e. The van der Waals surface area contributed by atoms with Crippen molar-refractivity contribution in [2.75, 3.05) is 14.2 Å². The van der Waals surface area contributed by atoms with Gasteiger partial charge in [0.2, 0.25) is 0 Å². The van der Waals surface area contributed by atoms with E-state index in [1.54, 1.807) is 13.2 Å². The van der Waals surface area contributed by atoms with E-state index in [1.807, 2.05) is 13.0 Å². The maximum Gasteiger partial charge on any atom is 0.270 e. The molecule has 25 heavy (non-hydrogen) atoms. The predicted octanol–water partition coefficient (Wildman–Crippen LogP) is 3.62. The van der Waals surface area contributed by atoms with Crippen LogP contribution in [0.4, 0.5) is 5.69 Å². The number of nitro benzene ring substituents is 1. The fourth-order valence-electron chi connectivity index (χ4n) is 2.34. The number of thioether (sulfide) groups is 1. The quantitative estimate of drug-likeness (QED) is 0.423. The number of benzene rings is 1. The van der Waals surface area contributed by atoms with E-state index in [1.165, 1.54) is 31.0 Å². The van der Waals surface area contributed by atoms with Gasteiger partial charge >= 0.3 is 0 Å². The summed E-state index contributed by atoms with van der Waals surface area (Å²) in [5.74, 6) is 0.948. The zero-order chi connectivity index (χ0) is 18.4. The van der Waals surface area contributed by atoms with Gasteiger partial charge in [-0.3, -0.25) is 10.1 Å². The van der Waals surface area contributed by atoms with Crippen molar-refractivity contribution in [2.45, 2.75) is 24.3 Å². The van der Waals surface area contributed by atoms with Gasteiger partial charge in [0, 0.05) is 36.3 Å². The van der Waals surface area contributed by atoms with Gasteiger partial charge in [0.15, 0.2) is 0 Å². The van der Waals surface area contributed by atoms with Crippen LogP contribution in [0.15, 0.2) is 29.3 Å². The van der Waals surface area contributed by atoms with Crippen molar-refractivity contribution in [3.05, 3.63) is 56.8 Å². The van der Waals surface area contributed by atoms with E-state index in [9.17, 15) is 15.4 Å². The predicted molar refractivity (Wildman–Crippen MR) is 93.6 cm³/mol. The minimum absolute atomic E-state index is 0.00539. The maximum absolute atomic E-state index is 11.0. The highest BCUT2D eigenvalue weighted by Gasteiger charge is 2.15.